The molecule has 1 aliphatic rings. The van der Waals surface area contributed by atoms with Gasteiger partial charge in [0.15, 0.2) is 17.4 Å². The highest BCUT2D eigenvalue weighted by atomic mass is 19.1. The number of halogens is 2. The SMILES string of the molecule is CN1C(=O)/C(=C\c2cc(F)c(O)c(F)c2)N=C1/C=C/c1cccc(C#N)c1. The molecule has 0 saturated heterocycles. The van der Waals surface area contributed by atoms with Crippen molar-refractivity contribution in [1.82, 2.24) is 4.90 Å². The minimum absolute atomic E-state index is 0.00687. The molecule has 0 aliphatic carbocycles. The third kappa shape index (κ3) is 3.75. The summed E-state index contributed by atoms with van der Waals surface area (Å²) in [5, 5.41) is 18.1. The number of hydrogen-bond donors (Lipinski definition) is 1. The summed E-state index contributed by atoms with van der Waals surface area (Å²) in [6.45, 7) is 0. The molecule has 27 heavy (non-hydrogen) atoms. The number of aliphatic imine (C=N–C) groups is 1. The molecule has 1 heterocycles. The first-order valence-electron chi connectivity index (χ1n) is 7.84. The highest BCUT2D eigenvalue weighted by molar-refractivity contribution is 6.18. The summed E-state index contributed by atoms with van der Waals surface area (Å²) in [6.07, 6.45) is 4.54. The molecule has 0 fully saturated rings. The van der Waals surface area contributed by atoms with Gasteiger partial charge in [-0.3, -0.25) is 9.69 Å². The molecule has 7 heteroatoms. The molecule has 0 atom stereocenters. The Kier molecular flexibility index (Phi) is 4.81. The standard InChI is InChI=1S/C20H13F2N3O2/c1-25-18(6-5-12-3-2-4-13(7-12)11-23)24-17(20(25)27)10-14-8-15(21)19(26)16(22)9-14/h2-10,26H,1H3/b6-5+,17-10+. The first kappa shape index (κ1) is 18.0. The Morgan fingerprint density at radius 3 is 2.52 bits per heavy atom. The summed E-state index contributed by atoms with van der Waals surface area (Å²) < 4.78 is 26.9. The lowest BCUT2D eigenvalue weighted by atomic mass is 10.1. The van der Waals surface area contributed by atoms with E-state index in [1.54, 1.807) is 36.4 Å². The van der Waals surface area contributed by atoms with Crippen molar-refractivity contribution in [2.75, 3.05) is 7.05 Å². The van der Waals surface area contributed by atoms with E-state index in [1.165, 1.54) is 18.0 Å². The van der Waals surface area contributed by atoms with Gasteiger partial charge < -0.3 is 5.11 Å². The number of carbonyl (C=O) groups is 1. The molecule has 0 unspecified atom stereocenters. The largest absolute Gasteiger partial charge is 0.503 e. The highest BCUT2D eigenvalue weighted by Gasteiger charge is 2.25. The number of nitriles is 1. The van der Waals surface area contributed by atoms with Crippen molar-refractivity contribution in [1.29, 1.82) is 5.26 Å². The molecule has 0 aromatic heterocycles. The van der Waals surface area contributed by atoms with Crippen molar-refractivity contribution in [3.05, 3.63) is 76.5 Å². The molecule has 1 N–H and O–H groups in total. The highest BCUT2D eigenvalue weighted by Crippen LogP contribution is 2.24. The Morgan fingerprint density at radius 2 is 1.85 bits per heavy atom. The molecule has 0 spiro atoms. The van der Waals surface area contributed by atoms with Gasteiger partial charge in [-0.15, -0.1) is 0 Å². The lowest BCUT2D eigenvalue weighted by Crippen LogP contribution is -2.26. The Bertz CT molecular complexity index is 1040. The number of rotatable bonds is 3. The van der Waals surface area contributed by atoms with Crippen LogP contribution in [0.15, 0.2) is 53.2 Å². The first-order valence-corrected chi connectivity index (χ1v) is 7.84. The summed E-state index contributed by atoms with van der Waals surface area (Å²) in [5.41, 5.74) is 1.34. The van der Waals surface area contributed by atoms with Crippen LogP contribution < -0.4 is 0 Å². The van der Waals surface area contributed by atoms with Gasteiger partial charge in [-0.2, -0.15) is 5.26 Å². The van der Waals surface area contributed by atoms with Crippen LogP contribution in [0, 0.1) is 23.0 Å². The van der Waals surface area contributed by atoms with Gasteiger partial charge in [-0.05, 0) is 47.5 Å². The van der Waals surface area contributed by atoms with Crippen LogP contribution in [-0.2, 0) is 4.79 Å². The molecule has 1 aliphatic heterocycles. The van der Waals surface area contributed by atoms with Crippen molar-refractivity contribution in [2.24, 2.45) is 4.99 Å². The van der Waals surface area contributed by atoms with Gasteiger partial charge in [-0.25, -0.2) is 13.8 Å². The van der Waals surface area contributed by atoms with Gasteiger partial charge in [0.05, 0.1) is 11.6 Å². The van der Waals surface area contributed by atoms with Crippen LogP contribution in [0.1, 0.15) is 16.7 Å². The molecular formula is C20H13F2N3O2. The van der Waals surface area contributed by atoms with Crippen LogP contribution in [0.25, 0.3) is 12.2 Å². The third-order valence-corrected chi connectivity index (χ3v) is 3.89. The predicted octanol–water partition coefficient (Wildman–Crippen LogP) is 3.47. The normalized spacial score (nSPS) is 15.5. The van der Waals surface area contributed by atoms with E-state index >= 15 is 0 Å². The molecule has 0 bridgehead atoms. The maximum atomic E-state index is 13.5. The number of amidine groups is 1. The maximum Gasteiger partial charge on any atom is 0.277 e. The molecular weight excluding hydrogens is 352 g/mol. The second-order valence-corrected chi connectivity index (χ2v) is 5.77. The Morgan fingerprint density at radius 1 is 1.15 bits per heavy atom. The van der Waals surface area contributed by atoms with Gasteiger partial charge in [0.1, 0.15) is 11.5 Å². The quantitative estimate of drug-likeness (QED) is 0.846. The fraction of sp³-hybridized carbons (Fsp3) is 0.0500. The maximum absolute atomic E-state index is 13.5. The number of hydrogen-bond acceptors (Lipinski definition) is 4. The lowest BCUT2D eigenvalue weighted by Gasteiger charge is -2.07. The van der Waals surface area contributed by atoms with Crippen molar-refractivity contribution in [3.8, 4) is 11.8 Å². The van der Waals surface area contributed by atoms with Crippen LogP contribution in [0.3, 0.4) is 0 Å². The number of benzene rings is 2. The molecule has 2 aromatic rings. The van der Waals surface area contributed by atoms with E-state index in [0.717, 1.165) is 17.7 Å². The molecule has 0 saturated carbocycles. The zero-order valence-corrected chi connectivity index (χ0v) is 14.1. The number of likely N-dealkylation sites (N-methyl/N-ethyl adjacent to an activating group) is 1. The first-order chi connectivity index (χ1) is 12.9. The molecule has 0 radical (unpaired) electrons. The summed E-state index contributed by atoms with van der Waals surface area (Å²) in [5.74, 6) is -3.41. The van der Waals surface area contributed by atoms with Crippen LogP contribution in [0.2, 0.25) is 0 Å². The minimum Gasteiger partial charge on any atom is -0.503 e. The summed E-state index contributed by atoms with van der Waals surface area (Å²) in [6, 6.07) is 10.8. The summed E-state index contributed by atoms with van der Waals surface area (Å²) in [4.78, 5) is 17.8. The number of amides is 1. The zero-order valence-electron chi connectivity index (χ0n) is 14.1. The van der Waals surface area contributed by atoms with Gasteiger partial charge >= 0.3 is 0 Å². The fourth-order valence-corrected chi connectivity index (χ4v) is 2.47. The fourth-order valence-electron chi connectivity index (χ4n) is 2.47. The van der Waals surface area contributed by atoms with E-state index in [0.29, 0.717) is 11.4 Å². The summed E-state index contributed by atoms with van der Waals surface area (Å²) in [7, 11) is 1.52. The van der Waals surface area contributed by atoms with Gasteiger partial charge in [0.2, 0.25) is 0 Å². The second kappa shape index (κ2) is 7.22. The number of nitrogens with zero attached hydrogens (tertiary/aromatic N) is 3. The lowest BCUT2D eigenvalue weighted by molar-refractivity contribution is -0.121. The van der Waals surface area contributed by atoms with Gasteiger partial charge in [0.25, 0.3) is 5.91 Å². The molecule has 3 rings (SSSR count). The van der Waals surface area contributed by atoms with Crippen LogP contribution in [-0.4, -0.2) is 28.8 Å². The van der Waals surface area contributed by atoms with E-state index in [4.69, 9.17) is 10.4 Å². The minimum atomic E-state index is -1.12. The Labute approximate surface area is 153 Å². The number of carbonyl (C=O) groups excluding carboxylic acids is 1. The average molecular weight is 365 g/mol. The number of phenols is 1. The van der Waals surface area contributed by atoms with E-state index < -0.39 is 23.3 Å². The van der Waals surface area contributed by atoms with Crippen LogP contribution in [0.5, 0.6) is 5.75 Å². The predicted molar refractivity (Wildman–Crippen MR) is 96.4 cm³/mol. The van der Waals surface area contributed by atoms with Crippen molar-refractivity contribution >= 4 is 23.9 Å². The molecule has 5 nitrogen and oxygen atoms in total. The van der Waals surface area contributed by atoms with Crippen molar-refractivity contribution < 1.29 is 18.7 Å². The van der Waals surface area contributed by atoms with Crippen LogP contribution >= 0.6 is 0 Å². The zero-order chi connectivity index (χ0) is 19.6. The molecule has 2 aromatic carbocycles. The van der Waals surface area contributed by atoms with Crippen LogP contribution in [0.4, 0.5) is 8.78 Å². The Balaban J connectivity index is 1.91. The van der Waals surface area contributed by atoms with Crippen molar-refractivity contribution in [3.63, 3.8) is 0 Å². The molecule has 1 amide bonds. The van der Waals surface area contributed by atoms with E-state index in [-0.39, 0.29) is 11.3 Å². The average Bonchev–Trinajstić information content (AvgIpc) is 2.92. The Hall–Kier alpha value is -3.79. The van der Waals surface area contributed by atoms with E-state index in [1.807, 2.05) is 6.07 Å². The van der Waals surface area contributed by atoms with E-state index in [2.05, 4.69) is 4.99 Å². The number of phenolic OH excluding ortho intramolecular Hbond substituents is 1. The second-order valence-electron chi connectivity index (χ2n) is 5.77. The smallest absolute Gasteiger partial charge is 0.277 e. The third-order valence-electron chi connectivity index (χ3n) is 3.89. The van der Waals surface area contributed by atoms with Gasteiger partial charge in [0, 0.05) is 7.05 Å². The molecule has 134 valence electrons. The van der Waals surface area contributed by atoms with Gasteiger partial charge in [-0.1, -0.05) is 18.2 Å². The topological polar surface area (TPSA) is 76.7 Å². The van der Waals surface area contributed by atoms with Crippen molar-refractivity contribution in [2.45, 2.75) is 0 Å². The summed E-state index contributed by atoms with van der Waals surface area (Å²) >= 11 is 0. The monoisotopic (exact) mass is 365 g/mol. The number of aromatic hydroxyl groups is 1. The van der Waals surface area contributed by atoms with E-state index in [9.17, 15) is 13.6 Å².